The minimum atomic E-state index is -1.17. The molecule has 0 atom stereocenters. The number of hydrogen-bond donors (Lipinski definition) is 3. The third-order valence-corrected chi connectivity index (χ3v) is 4.06. The third-order valence-electron chi connectivity index (χ3n) is 4.06. The van der Waals surface area contributed by atoms with Gasteiger partial charge in [0.25, 0.3) is 5.91 Å². The molecule has 0 aliphatic rings. The van der Waals surface area contributed by atoms with Gasteiger partial charge in [-0.2, -0.15) is 0 Å². The maximum Gasteiger partial charge on any atom is 0.337 e. The van der Waals surface area contributed by atoms with E-state index < -0.39 is 11.9 Å². The van der Waals surface area contributed by atoms with E-state index in [-0.39, 0.29) is 23.1 Å². The van der Waals surface area contributed by atoms with Gasteiger partial charge in [0.2, 0.25) is 5.91 Å². The number of carbonyl (C=O) groups is 3. The molecule has 3 N–H and O–H groups in total. The first-order chi connectivity index (χ1) is 13.2. The summed E-state index contributed by atoms with van der Waals surface area (Å²) in [6.07, 6.45) is 0.414. The van der Waals surface area contributed by atoms with Crippen molar-refractivity contribution in [3.05, 3.63) is 53.1 Å². The highest BCUT2D eigenvalue weighted by Crippen LogP contribution is 2.24. The topological polar surface area (TPSA) is 105 Å². The van der Waals surface area contributed by atoms with Crippen LogP contribution in [0.5, 0.6) is 5.75 Å². The molecule has 0 aliphatic heterocycles. The maximum absolute atomic E-state index is 12.6. The van der Waals surface area contributed by atoms with E-state index in [9.17, 15) is 19.5 Å². The van der Waals surface area contributed by atoms with Gasteiger partial charge in [-0.05, 0) is 54.8 Å². The first-order valence-corrected chi connectivity index (χ1v) is 8.84. The molecule has 0 unspecified atom stereocenters. The molecule has 28 heavy (non-hydrogen) atoms. The summed E-state index contributed by atoms with van der Waals surface area (Å²) in [5.41, 5.74) is 1.83. The molecular formula is C21H24N2O5. The van der Waals surface area contributed by atoms with E-state index in [1.807, 2.05) is 13.8 Å². The summed E-state index contributed by atoms with van der Waals surface area (Å²) in [6, 6.07) is 9.28. The molecular weight excluding hydrogens is 360 g/mol. The monoisotopic (exact) mass is 384 g/mol. The lowest BCUT2D eigenvalue weighted by molar-refractivity contribution is -0.116. The summed E-state index contributed by atoms with van der Waals surface area (Å²) in [5.74, 6) is -1.07. The van der Waals surface area contributed by atoms with Crippen LogP contribution in [0.15, 0.2) is 36.4 Å². The van der Waals surface area contributed by atoms with Crippen molar-refractivity contribution in [1.29, 1.82) is 0 Å². The average Bonchev–Trinajstić information content (AvgIpc) is 2.62. The Hall–Kier alpha value is -3.35. The number of hydrogen-bond acceptors (Lipinski definition) is 4. The van der Waals surface area contributed by atoms with Gasteiger partial charge in [-0.3, -0.25) is 9.59 Å². The fraction of sp³-hybridized carbons (Fsp3) is 0.286. The van der Waals surface area contributed by atoms with Crippen LogP contribution in [0.2, 0.25) is 0 Å². The van der Waals surface area contributed by atoms with Crippen LogP contribution in [-0.4, -0.2) is 30.0 Å². The summed E-state index contributed by atoms with van der Waals surface area (Å²) >= 11 is 0. The molecule has 0 saturated carbocycles. The molecule has 0 spiro atoms. The van der Waals surface area contributed by atoms with Crippen LogP contribution in [0.25, 0.3) is 0 Å². The number of aromatic carboxylic acids is 1. The lowest BCUT2D eigenvalue weighted by atomic mass is 10.1. The molecule has 0 radical (unpaired) electrons. The number of nitrogens with one attached hydrogen (secondary N) is 2. The van der Waals surface area contributed by atoms with Crippen molar-refractivity contribution in [3.63, 3.8) is 0 Å². The standard InChI is InChI=1S/C21H24N2O5/c1-12(2)9-19(24)22-17-7-5-14(10-13(17)3)20(25)23-18-8-6-15(28-4)11-16(18)21(26)27/h5-8,10-12H,9H2,1-4H3,(H,22,24)(H,23,25)(H,26,27). The zero-order valence-corrected chi connectivity index (χ0v) is 16.3. The predicted octanol–water partition coefficient (Wildman–Crippen LogP) is 3.94. The van der Waals surface area contributed by atoms with Crippen molar-refractivity contribution in [3.8, 4) is 5.75 Å². The molecule has 0 bridgehead atoms. The Labute approximate surface area is 163 Å². The molecule has 148 valence electrons. The third kappa shape index (κ3) is 5.33. The van der Waals surface area contributed by atoms with E-state index in [0.29, 0.717) is 23.4 Å². The zero-order chi connectivity index (χ0) is 20.8. The Kier molecular flexibility index (Phi) is 6.76. The van der Waals surface area contributed by atoms with Crippen molar-refractivity contribution in [2.75, 3.05) is 17.7 Å². The van der Waals surface area contributed by atoms with Gasteiger partial charge in [0, 0.05) is 17.7 Å². The van der Waals surface area contributed by atoms with Crippen LogP contribution in [0.1, 0.15) is 46.5 Å². The van der Waals surface area contributed by atoms with E-state index in [2.05, 4.69) is 10.6 Å². The van der Waals surface area contributed by atoms with Crippen LogP contribution in [0.4, 0.5) is 11.4 Å². The fourth-order valence-electron chi connectivity index (χ4n) is 2.65. The average molecular weight is 384 g/mol. The van der Waals surface area contributed by atoms with Crippen LogP contribution in [0.3, 0.4) is 0 Å². The van der Waals surface area contributed by atoms with E-state index in [1.54, 1.807) is 31.2 Å². The second-order valence-corrected chi connectivity index (χ2v) is 6.85. The van der Waals surface area contributed by atoms with Gasteiger partial charge in [-0.1, -0.05) is 13.8 Å². The summed E-state index contributed by atoms with van der Waals surface area (Å²) in [7, 11) is 1.43. The van der Waals surface area contributed by atoms with Crippen molar-refractivity contribution in [1.82, 2.24) is 0 Å². The maximum atomic E-state index is 12.6. The number of methoxy groups -OCH3 is 1. The van der Waals surface area contributed by atoms with Crippen LogP contribution in [-0.2, 0) is 4.79 Å². The number of rotatable bonds is 7. The number of carboxylic acids is 1. The predicted molar refractivity (Wildman–Crippen MR) is 107 cm³/mol. The van der Waals surface area contributed by atoms with Gasteiger partial charge in [0.05, 0.1) is 18.4 Å². The lowest BCUT2D eigenvalue weighted by Crippen LogP contribution is -2.17. The lowest BCUT2D eigenvalue weighted by Gasteiger charge is -2.13. The molecule has 2 rings (SSSR count). The van der Waals surface area contributed by atoms with Crippen molar-refractivity contribution >= 4 is 29.2 Å². The highest BCUT2D eigenvalue weighted by atomic mass is 16.5. The first kappa shape index (κ1) is 21.0. The highest BCUT2D eigenvalue weighted by Gasteiger charge is 2.16. The number of benzene rings is 2. The second kappa shape index (κ2) is 9.03. The minimum absolute atomic E-state index is 0.0676. The molecule has 2 aromatic carbocycles. The Morgan fingerprint density at radius 3 is 2.29 bits per heavy atom. The van der Waals surface area contributed by atoms with E-state index in [1.165, 1.54) is 19.2 Å². The van der Waals surface area contributed by atoms with Gasteiger partial charge < -0.3 is 20.5 Å². The number of amides is 2. The number of carboxylic acid groups (broad SMARTS) is 1. The largest absolute Gasteiger partial charge is 0.497 e. The quantitative estimate of drug-likeness (QED) is 0.671. The number of ether oxygens (including phenoxy) is 1. The van der Waals surface area contributed by atoms with Crippen molar-refractivity contribution < 1.29 is 24.2 Å². The number of aryl methyl sites for hydroxylation is 1. The number of anilines is 2. The van der Waals surface area contributed by atoms with Gasteiger partial charge in [-0.15, -0.1) is 0 Å². The molecule has 7 nitrogen and oxygen atoms in total. The molecule has 2 aromatic rings. The van der Waals surface area contributed by atoms with E-state index in [4.69, 9.17) is 4.74 Å². The highest BCUT2D eigenvalue weighted by molar-refractivity contribution is 6.08. The SMILES string of the molecule is COc1ccc(NC(=O)c2ccc(NC(=O)CC(C)C)c(C)c2)c(C(=O)O)c1. The van der Waals surface area contributed by atoms with Gasteiger partial charge in [0.15, 0.2) is 0 Å². The van der Waals surface area contributed by atoms with Crippen LogP contribution in [0, 0.1) is 12.8 Å². The smallest absolute Gasteiger partial charge is 0.337 e. The molecule has 2 amide bonds. The van der Waals surface area contributed by atoms with Crippen molar-refractivity contribution in [2.45, 2.75) is 27.2 Å². The van der Waals surface area contributed by atoms with Crippen LogP contribution < -0.4 is 15.4 Å². The van der Waals surface area contributed by atoms with E-state index >= 15 is 0 Å². The molecule has 0 saturated heterocycles. The van der Waals surface area contributed by atoms with Gasteiger partial charge >= 0.3 is 5.97 Å². The molecule has 0 fully saturated rings. The van der Waals surface area contributed by atoms with Crippen LogP contribution >= 0.6 is 0 Å². The van der Waals surface area contributed by atoms with Gasteiger partial charge in [0.1, 0.15) is 5.75 Å². The summed E-state index contributed by atoms with van der Waals surface area (Å²) in [6.45, 7) is 5.71. The number of carbonyl (C=O) groups excluding carboxylic acids is 2. The summed E-state index contributed by atoms with van der Waals surface area (Å²) in [5, 5.41) is 14.8. The first-order valence-electron chi connectivity index (χ1n) is 8.84. The molecule has 0 heterocycles. The molecule has 7 heteroatoms. The fourth-order valence-corrected chi connectivity index (χ4v) is 2.65. The molecule has 0 aliphatic carbocycles. The van der Waals surface area contributed by atoms with Crippen molar-refractivity contribution in [2.24, 2.45) is 5.92 Å². The second-order valence-electron chi connectivity index (χ2n) is 6.85. The zero-order valence-electron chi connectivity index (χ0n) is 16.3. The Bertz CT molecular complexity index is 906. The minimum Gasteiger partial charge on any atom is -0.497 e. The Balaban J connectivity index is 2.18. The summed E-state index contributed by atoms with van der Waals surface area (Å²) < 4.78 is 5.02. The molecule has 0 aromatic heterocycles. The van der Waals surface area contributed by atoms with Gasteiger partial charge in [-0.25, -0.2) is 4.79 Å². The van der Waals surface area contributed by atoms with E-state index in [0.717, 1.165) is 5.56 Å². The Morgan fingerprint density at radius 2 is 1.71 bits per heavy atom. The normalized spacial score (nSPS) is 10.5. The Morgan fingerprint density at radius 1 is 1.04 bits per heavy atom. The summed E-state index contributed by atoms with van der Waals surface area (Å²) in [4.78, 5) is 35.9.